The van der Waals surface area contributed by atoms with Crippen molar-refractivity contribution in [2.45, 2.75) is 132 Å². The van der Waals surface area contributed by atoms with Gasteiger partial charge in [0.05, 0.1) is 22.7 Å². The lowest BCUT2D eigenvalue weighted by atomic mass is 9.86. The van der Waals surface area contributed by atoms with Crippen LogP contribution in [0.2, 0.25) is 0 Å². The highest BCUT2D eigenvalue weighted by molar-refractivity contribution is 6.01. The minimum absolute atomic E-state index is 0.0483. The van der Waals surface area contributed by atoms with Crippen LogP contribution in [0, 0.1) is 27.7 Å². The minimum Gasteiger partial charge on any atom is -0.291 e. The second-order valence-electron chi connectivity index (χ2n) is 22.0. The summed E-state index contributed by atoms with van der Waals surface area (Å²) in [5, 5.41) is 0. The lowest BCUT2D eigenvalue weighted by Gasteiger charge is -2.35. The molecule has 0 fully saturated rings. The predicted octanol–water partition coefficient (Wildman–Crippen LogP) is 16.5. The van der Waals surface area contributed by atoms with Crippen molar-refractivity contribution in [2.75, 3.05) is 19.6 Å². The Labute approximate surface area is 373 Å². The summed E-state index contributed by atoms with van der Waals surface area (Å²) < 4.78 is 0. The van der Waals surface area contributed by atoms with Gasteiger partial charge in [0.1, 0.15) is 0 Å². The summed E-state index contributed by atoms with van der Waals surface area (Å²) in [4.78, 5) is 10.2. The average Bonchev–Trinajstić information content (AvgIpc) is 3.68. The number of aryl methyl sites for hydroxylation is 4. The van der Waals surface area contributed by atoms with Crippen LogP contribution in [0.1, 0.15) is 128 Å². The Morgan fingerprint density at radius 3 is 0.645 bits per heavy atom. The van der Waals surface area contributed by atoms with Gasteiger partial charge in [0.25, 0.3) is 0 Å². The second-order valence-corrected chi connectivity index (χ2v) is 22.0. The van der Waals surface area contributed by atoms with Gasteiger partial charge in [-0.15, -0.1) is 0 Å². The number of benzene rings is 6. The Kier molecular flexibility index (Phi) is 10.4. The molecule has 0 radical (unpaired) electrons. The van der Waals surface area contributed by atoms with Crippen LogP contribution in [0.3, 0.4) is 0 Å². The van der Waals surface area contributed by atoms with Crippen molar-refractivity contribution in [2.24, 2.45) is 0 Å². The molecule has 6 aromatic rings. The molecule has 0 bridgehead atoms. The van der Waals surface area contributed by atoms with Gasteiger partial charge in [0.2, 0.25) is 0 Å². The molecule has 0 aliphatic carbocycles. The van der Waals surface area contributed by atoms with Gasteiger partial charge >= 0.3 is 0 Å². The molecule has 0 unspecified atom stereocenters. The third kappa shape index (κ3) is 7.61. The molecule has 0 N–H and O–H groups in total. The number of fused-ring (bicyclic) bond motifs is 2. The van der Waals surface area contributed by atoms with E-state index < -0.39 is 0 Å². The zero-order valence-corrected chi connectivity index (χ0v) is 40.3. The fraction of sp³-hybridized carbons (Fsp3) is 0.345. The van der Waals surface area contributed by atoms with Crippen LogP contribution in [0.5, 0.6) is 0 Å². The van der Waals surface area contributed by atoms with E-state index in [9.17, 15) is 0 Å². The smallest absolute Gasteiger partial charge is 0.166 e. The average molecular weight is 821 g/mol. The fourth-order valence-electron chi connectivity index (χ4n) is 8.84. The summed E-state index contributed by atoms with van der Waals surface area (Å²) in [6, 6.07) is 46.6. The largest absolute Gasteiger partial charge is 0.291 e. The minimum atomic E-state index is -0.0483. The van der Waals surface area contributed by atoms with Crippen LogP contribution in [0.15, 0.2) is 133 Å². The van der Waals surface area contributed by atoms with Crippen LogP contribution in [0.25, 0.3) is 0 Å². The molecule has 0 aromatic heterocycles. The Balaban J connectivity index is 1.60. The van der Waals surface area contributed by atoms with Gasteiger partial charge in [-0.1, -0.05) is 132 Å². The number of anilines is 8. The summed E-state index contributed by atoms with van der Waals surface area (Å²) in [6.07, 6.45) is 0. The summed E-state index contributed by atoms with van der Waals surface area (Å²) >= 11 is 0. The van der Waals surface area contributed by atoms with Gasteiger partial charge in [-0.3, -0.25) is 19.6 Å². The predicted molar refractivity (Wildman–Crippen MR) is 268 cm³/mol. The van der Waals surface area contributed by atoms with Crippen molar-refractivity contribution < 1.29 is 0 Å². The van der Waals surface area contributed by atoms with Crippen molar-refractivity contribution in [1.82, 2.24) is 0 Å². The molecule has 0 spiro atoms. The first-order valence-corrected chi connectivity index (χ1v) is 22.5. The Morgan fingerprint density at radius 1 is 0.274 bits per heavy atom. The quantitative estimate of drug-likeness (QED) is 0.176. The van der Waals surface area contributed by atoms with E-state index in [2.05, 4.69) is 252 Å². The molecule has 0 saturated carbocycles. The van der Waals surface area contributed by atoms with Crippen LogP contribution >= 0.6 is 0 Å². The standard InChI is InChI=1S/C58H68N4/c1-37-29-49-50(30-38(37)2)60(46-26-18-22-42(34-46)56(8,9)10)53(59(49)45-25-17-21-41(33-45)55(5,6)7)54-61(47-27-19-23-43(35-47)57(11,12)13)51-31-39(3)40(4)32-52(51)62(54)48-28-20-24-44(36-48)58(14,15)16/h17-36H,1-16H3. The van der Waals surface area contributed by atoms with Gasteiger partial charge in [0.15, 0.2) is 11.6 Å². The van der Waals surface area contributed by atoms with E-state index in [1.165, 1.54) is 44.5 Å². The second kappa shape index (κ2) is 15.0. The van der Waals surface area contributed by atoms with Crippen LogP contribution in [-0.4, -0.2) is 0 Å². The van der Waals surface area contributed by atoms with E-state index in [-0.39, 0.29) is 21.7 Å². The van der Waals surface area contributed by atoms with E-state index in [1.807, 2.05) is 0 Å². The van der Waals surface area contributed by atoms with Gasteiger partial charge in [-0.2, -0.15) is 0 Å². The van der Waals surface area contributed by atoms with Crippen molar-refractivity contribution >= 4 is 45.5 Å². The molecule has 4 nitrogen and oxygen atoms in total. The Morgan fingerprint density at radius 2 is 0.468 bits per heavy atom. The molecular weight excluding hydrogens is 753 g/mol. The van der Waals surface area contributed by atoms with Crippen LogP contribution in [-0.2, 0) is 21.7 Å². The van der Waals surface area contributed by atoms with Gasteiger partial charge in [0, 0.05) is 22.7 Å². The van der Waals surface area contributed by atoms with Crippen molar-refractivity contribution in [3.63, 3.8) is 0 Å². The Hall–Kier alpha value is -5.74. The first-order chi connectivity index (χ1) is 28.9. The van der Waals surface area contributed by atoms with E-state index in [1.54, 1.807) is 0 Å². The molecule has 2 heterocycles. The van der Waals surface area contributed by atoms with Gasteiger partial charge in [-0.25, -0.2) is 0 Å². The third-order valence-electron chi connectivity index (χ3n) is 13.1. The monoisotopic (exact) mass is 821 g/mol. The van der Waals surface area contributed by atoms with Crippen LogP contribution in [0.4, 0.5) is 45.5 Å². The van der Waals surface area contributed by atoms with Gasteiger partial charge < -0.3 is 0 Å². The van der Waals surface area contributed by atoms with Crippen molar-refractivity contribution in [3.8, 4) is 0 Å². The molecule has 0 amide bonds. The summed E-state index contributed by atoms with van der Waals surface area (Å²) in [5.41, 5.74) is 19.2. The molecule has 6 aromatic carbocycles. The van der Waals surface area contributed by atoms with Crippen LogP contribution < -0.4 is 19.6 Å². The van der Waals surface area contributed by atoms with E-state index in [0.29, 0.717) is 0 Å². The third-order valence-corrected chi connectivity index (χ3v) is 13.1. The molecule has 0 saturated heterocycles. The maximum Gasteiger partial charge on any atom is 0.166 e. The first kappa shape index (κ1) is 42.9. The van der Waals surface area contributed by atoms with E-state index >= 15 is 0 Å². The lowest BCUT2D eigenvalue weighted by molar-refractivity contribution is 0.590. The molecule has 2 aliphatic rings. The van der Waals surface area contributed by atoms with E-state index in [0.717, 1.165) is 57.1 Å². The highest BCUT2D eigenvalue weighted by atomic mass is 15.5. The lowest BCUT2D eigenvalue weighted by Crippen LogP contribution is -2.34. The van der Waals surface area contributed by atoms with Crippen molar-refractivity contribution in [1.29, 1.82) is 0 Å². The number of nitrogens with zero attached hydrogens (tertiary/aromatic N) is 4. The fourth-order valence-corrected chi connectivity index (χ4v) is 8.84. The molecule has 0 atom stereocenters. The zero-order valence-electron chi connectivity index (χ0n) is 40.3. The number of rotatable bonds is 4. The maximum atomic E-state index is 2.56. The molecular formula is C58H68N4. The normalized spacial score (nSPS) is 14.6. The molecule has 4 heteroatoms. The summed E-state index contributed by atoms with van der Waals surface area (Å²) in [7, 11) is 0. The first-order valence-electron chi connectivity index (χ1n) is 22.5. The summed E-state index contributed by atoms with van der Waals surface area (Å²) in [6.45, 7) is 36.8. The molecule has 62 heavy (non-hydrogen) atoms. The molecule has 8 rings (SSSR count). The SMILES string of the molecule is Cc1cc2c(cc1C)N(c1cccc(C(C)(C)C)c1)C(=C1N(c3cccc(C(C)(C)C)c3)c3cc(C)c(C)cc3N1c1cccc(C(C)(C)C)c1)N2c1cccc(C(C)(C)C)c1. The van der Waals surface area contributed by atoms with E-state index in [4.69, 9.17) is 0 Å². The highest BCUT2D eigenvalue weighted by Crippen LogP contribution is 2.58. The molecule has 320 valence electrons. The number of hydrogen-bond donors (Lipinski definition) is 0. The number of hydrogen-bond acceptors (Lipinski definition) is 4. The maximum absolute atomic E-state index is 2.56. The topological polar surface area (TPSA) is 13.0 Å². The van der Waals surface area contributed by atoms with Gasteiger partial charge in [-0.05, 0) is 167 Å². The summed E-state index contributed by atoms with van der Waals surface area (Å²) in [5.74, 6) is 2.16. The highest BCUT2D eigenvalue weighted by Gasteiger charge is 2.45. The zero-order chi connectivity index (χ0) is 44.8. The molecule has 2 aliphatic heterocycles. The van der Waals surface area contributed by atoms with Crippen molar-refractivity contribution in [3.05, 3.63) is 177 Å². The Bertz CT molecular complexity index is 2370.